The predicted molar refractivity (Wildman–Crippen MR) is 50.9 cm³/mol. The fourth-order valence-corrected chi connectivity index (χ4v) is 1.37. The Labute approximate surface area is 70.1 Å². The van der Waals surface area contributed by atoms with E-state index in [4.69, 9.17) is 4.74 Å². The normalized spacial score (nSPS) is 9.45. The highest BCUT2D eigenvalue weighted by Gasteiger charge is 1.90. The monoisotopic (exact) mass is 164 g/mol. The first-order valence-corrected chi connectivity index (χ1v) is 5.14. The van der Waals surface area contributed by atoms with Gasteiger partial charge in [0.15, 0.2) is 0 Å². The van der Waals surface area contributed by atoms with Gasteiger partial charge in [-0.2, -0.15) is 0 Å². The van der Waals surface area contributed by atoms with Gasteiger partial charge in [-0.05, 0) is 18.2 Å². The van der Waals surface area contributed by atoms with Crippen LogP contribution in [-0.2, 0) is 6.04 Å². The topological polar surface area (TPSA) is 9.23 Å². The van der Waals surface area contributed by atoms with E-state index in [0.29, 0.717) is 0 Å². The van der Waals surface area contributed by atoms with E-state index >= 15 is 0 Å². The van der Waals surface area contributed by atoms with E-state index in [9.17, 15) is 0 Å². The van der Waals surface area contributed by atoms with E-state index in [1.165, 1.54) is 28.1 Å². The molecule has 0 radical (unpaired) electrons. The number of benzene rings is 1. The Balaban J connectivity index is 2.74. The lowest BCUT2D eigenvalue weighted by atomic mass is 10.2. The minimum Gasteiger partial charge on any atom is -0.466 e. The van der Waals surface area contributed by atoms with Crippen molar-refractivity contribution in [1.29, 1.82) is 0 Å². The second-order valence-electron chi connectivity index (χ2n) is 2.28. The van der Waals surface area contributed by atoms with Crippen molar-refractivity contribution < 1.29 is 4.74 Å². The average molecular weight is 164 g/mol. The first kappa shape index (κ1) is 8.08. The van der Waals surface area contributed by atoms with E-state index in [1.807, 2.05) is 12.1 Å². The van der Waals surface area contributed by atoms with Crippen LogP contribution in [0.1, 0.15) is 5.56 Å². The first-order valence-electron chi connectivity index (χ1n) is 3.73. The van der Waals surface area contributed by atoms with Crippen LogP contribution in [0.4, 0.5) is 0 Å². The lowest BCUT2D eigenvalue weighted by Crippen LogP contribution is -1.84. The molecular weight excluding hydrogens is 152 g/mol. The van der Waals surface area contributed by atoms with Gasteiger partial charge in [0.25, 0.3) is 0 Å². The smallest absolute Gasteiger partial charge is 0.126 e. The summed E-state index contributed by atoms with van der Waals surface area (Å²) in [7, 11) is 1.22. The molecule has 1 aromatic carbocycles. The van der Waals surface area contributed by atoms with E-state index in [0.717, 1.165) is 5.75 Å². The third-order valence-corrected chi connectivity index (χ3v) is 2.37. The van der Waals surface area contributed by atoms with Crippen LogP contribution < -0.4 is 4.74 Å². The standard InChI is InChI=1S/C9H12OSi/c1-2-10-9-5-3-8(7-11)4-6-9/h2-6H,1,7H2,11H3. The maximum Gasteiger partial charge on any atom is 0.126 e. The van der Waals surface area contributed by atoms with E-state index in [2.05, 4.69) is 18.7 Å². The molecule has 1 rings (SSSR count). The van der Waals surface area contributed by atoms with Crippen LogP contribution in [0.2, 0.25) is 0 Å². The van der Waals surface area contributed by atoms with Crippen molar-refractivity contribution in [1.82, 2.24) is 0 Å². The van der Waals surface area contributed by atoms with Gasteiger partial charge in [0.1, 0.15) is 5.75 Å². The van der Waals surface area contributed by atoms with Gasteiger partial charge < -0.3 is 4.74 Å². The van der Waals surface area contributed by atoms with Gasteiger partial charge in [-0.25, -0.2) is 0 Å². The van der Waals surface area contributed by atoms with Crippen molar-refractivity contribution in [3.8, 4) is 5.75 Å². The molecule has 0 bridgehead atoms. The lowest BCUT2D eigenvalue weighted by Gasteiger charge is -1.99. The molecule has 0 fully saturated rings. The highest BCUT2D eigenvalue weighted by molar-refractivity contribution is 6.08. The lowest BCUT2D eigenvalue weighted by molar-refractivity contribution is 0.483. The summed E-state index contributed by atoms with van der Waals surface area (Å²) in [6.45, 7) is 3.48. The van der Waals surface area contributed by atoms with E-state index in [-0.39, 0.29) is 0 Å². The Bertz CT molecular complexity index is 228. The molecule has 0 aliphatic heterocycles. The quantitative estimate of drug-likeness (QED) is 0.480. The van der Waals surface area contributed by atoms with Crippen molar-refractivity contribution in [2.24, 2.45) is 0 Å². The molecular formula is C9H12OSi. The molecule has 0 atom stereocenters. The fourth-order valence-electron chi connectivity index (χ4n) is 0.900. The van der Waals surface area contributed by atoms with Crippen LogP contribution in [0.25, 0.3) is 0 Å². The fraction of sp³-hybridized carbons (Fsp3) is 0.111. The zero-order chi connectivity index (χ0) is 8.10. The molecule has 0 aromatic heterocycles. The van der Waals surface area contributed by atoms with Crippen LogP contribution in [0, 0.1) is 0 Å². The van der Waals surface area contributed by atoms with Crippen LogP contribution in [-0.4, -0.2) is 10.2 Å². The van der Waals surface area contributed by atoms with E-state index < -0.39 is 0 Å². The number of ether oxygens (including phenoxy) is 1. The molecule has 58 valence electrons. The Morgan fingerprint density at radius 3 is 2.45 bits per heavy atom. The number of hydrogen-bond donors (Lipinski definition) is 0. The van der Waals surface area contributed by atoms with E-state index in [1.54, 1.807) is 0 Å². The summed E-state index contributed by atoms with van der Waals surface area (Å²) in [5.74, 6) is 0.860. The summed E-state index contributed by atoms with van der Waals surface area (Å²) in [5, 5.41) is 0. The Hall–Kier alpha value is -1.02. The molecule has 0 aliphatic rings. The molecule has 0 N–H and O–H groups in total. The summed E-state index contributed by atoms with van der Waals surface area (Å²) in [6.07, 6.45) is 1.44. The van der Waals surface area contributed by atoms with Gasteiger partial charge in [0, 0.05) is 10.2 Å². The van der Waals surface area contributed by atoms with Crippen LogP contribution >= 0.6 is 0 Å². The van der Waals surface area contributed by atoms with Gasteiger partial charge in [0.2, 0.25) is 0 Å². The highest BCUT2D eigenvalue weighted by Crippen LogP contribution is 2.11. The van der Waals surface area contributed by atoms with Gasteiger partial charge in [-0.1, -0.05) is 24.3 Å². The van der Waals surface area contributed by atoms with Crippen LogP contribution in [0.3, 0.4) is 0 Å². The number of rotatable bonds is 3. The van der Waals surface area contributed by atoms with Crippen LogP contribution in [0.5, 0.6) is 5.75 Å². The maximum atomic E-state index is 5.08. The molecule has 1 aromatic rings. The third kappa shape index (κ3) is 2.24. The maximum absolute atomic E-state index is 5.08. The van der Waals surface area contributed by atoms with Gasteiger partial charge in [-0.3, -0.25) is 0 Å². The van der Waals surface area contributed by atoms with Crippen molar-refractivity contribution in [2.45, 2.75) is 6.04 Å². The van der Waals surface area contributed by atoms with Crippen molar-refractivity contribution >= 4 is 10.2 Å². The summed E-state index contributed by atoms with van der Waals surface area (Å²) >= 11 is 0. The second kappa shape index (κ2) is 3.98. The Kier molecular flexibility index (Phi) is 2.92. The summed E-state index contributed by atoms with van der Waals surface area (Å²) in [5.41, 5.74) is 1.38. The first-order chi connectivity index (χ1) is 5.36. The molecule has 0 saturated heterocycles. The minimum absolute atomic E-state index is 0.860. The zero-order valence-corrected chi connectivity index (χ0v) is 8.71. The van der Waals surface area contributed by atoms with Gasteiger partial charge >= 0.3 is 0 Å². The Morgan fingerprint density at radius 2 is 2.00 bits per heavy atom. The molecule has 0 saturated carbocycles. The SMILES string of the molecule is C=COc1ccc(C[SiH3])cc1. The minimum atomic E-state index is 0.860. The Morgan fingerprint density at radius 1 is 1.36 bits per heavy atom. The number of hydrogen-bond acceptors (Lipinski definition) is 1. The van der Waals surface area contributed by atoms with Crippen molar-refractivity contribution in [3.05, 3.63) is 42.7 Å². The molecule has 0 spiro atoms. The van der Waals surface area contributed by atoms with Crippen LogP contribution in [0.15, 0.2) is 37.1 Å². The molecule has 11 heavy (non-hydrogen) atoms. The molecule has 0 heterocycles. The zero-order valence-electron chi connectivity index (χ0n) is 6.71. The molecule has 2 heteroatoms. The molecule has 0 aliphatic carbocycles. The second-order valence-corrected chi connectivity index (χ2v) is 2.99. The summed E-state index contributed by atoms with van der Waals surface area (Å²) in [4.78, 5) is 0. The molecule has 1 nitrogen and oxygen atoms in total. The highest BCUT2D eigenvalue weighted by atomic mass is 28.1. The molecule has 0 unspecified atom stereocenters. The summed E-state index contributed by atoms with van der Waals surface area (Å²) in [6, 6.07) is 9.32. The van der Waals surface area contributed by atoms with Gasteiger partial charge in [0.05, 0.1) is 6.26 Å². The van der Waals surface area contributed by atoms with Crippen molar-refractivity contribution in [3.63, 3.8) is 0 Å². The predicted octanol–water partition coefficient (Wildman–Crippen LogP) is 1.07. The van der Waals surface area contributed by atoms with Crippen molar-refractivity contribution in [2.75, 3.05) is 0 Å². The largest absolute Gasteiger partial charge is 0.466 e. The summed E-state index contributed by atoms with van der Waals surface area (Å²) < 4.78 is 5.08. The van der Waals surface area contributed by atoms with Gasteiger partial charge in [-0.15, -0.1) is 0 Å². The molecule has 0 amide bonds. The average Bonchev–Trinajstić information content (AvgIpc) is 2.07. The third-order valence-electron chi connectivity index (χ3n) is 1.55.